The predicted octanol–water partition coefficient (Wildman–Crippen LogP) is 2.79. The second-order valence-corrected chi connectivity index (χ2v) is 4.77. The van der Waals surface area contributed by atoms with Gasteiger partial charge in [-0.15, -0.1) is 0 Å². The van der Waals surface area contributed by atoms with Gasteiger partial charge in [0.2, 0.25) is 6.08 Å². The summed E-state index contributed by atoms with van der Waals surface area (Å²) in [4.78, 5) is 14.6. The fraction of sp³-hybridized carbons (Fsp3) is 0.417. The molecule has 1 aliphatic heterocycles. The summed E-state index contributed by atoms with van der Waals surface area (Å²) in [6.07, 6.45) is 3.17. The number of nitrogens with zero attached hydrogens (tertiary/aromatic N) is 1. The summed E-state index contributed by atoms with van der Waals surface area (Å²) in [7, 11) is 0. The molecule has 1 heterocycles. The monoisotopic (exact) mass is 281 g/mol. The average molecular weight is 282 g/mol. The molecule has 1 aromatic rings. The maximum Gasteiger partial charge on any atom is 0.235 e. The fourth-order valence-corrected chi connectivity index (χ4v) is 2.44. The van der Waals surface area contributed by atoms with Gasteiger partial charge in [0.25, 0.3) is 0 Å². The summed E-state index contributed by atoms with van der Waals surface area (Å²) in [6, 6.07) is 7.92. The van der Waals surface area contributed by atoms with Crippen LogP contribution in [0.4, 0.5) is 0 Å². The van der Waals surface area contributed by atoms with Crippen molar-refractivity contribution in [3.05, 3.63) is 34.3 Å². The highest BCUT2D eigenvalue weighted by Crippen LogP contribution is 2.36. The number of rotatable bonds is 2. The molecule has 0 spiro atoms. The van der Waals surface area contributed by atoms with Gasteiger partial charge < -0.3 is 4.74 Å². The Balaban J connectivity index is 2.42. The van der Waals surface area contributed by atoms with Gasteiger partial charge in [-0.3, -0.25) is 0 Å². The molecule has 1 fully saturated rings. The number of aliphatic imine (C=N–C) groups is 1. The summed E-state index contributed by atoms with van der Waals surface area (Å²) in [5, 5.41) is 0. The van der Waals surface area contributed by atoms with Crippen LogP contribution in [0.15, 0.2) is 33.7 Å². The molecule has 16 heavy (non-hydrogen) atoms. The van der Waals surface area contributed by atoms with Crippen LogP contribution in [0.1, 0.15) is 18.4 Å². The first kappa shape index (κ1) is 11.5. The van der Waals surface area contributed by atoms with Gasteiger partial charge in [-0.1, -0.05) is 28.1 Å². The van der Waals surface area contributed by atoms with Crippen LogP contribution in [0, 0.1) is 0 Å². The molecule has 0 aromatic heterocycles. The van der Waals surface area contributed by atoms with Gasteiger partial charge >= 0.3 is 0 Å². The standard InChI is InChI=1S/C12H12BrNO2/c13-11-3-1-2-10(8-11)12(14-9-15)4-6-16-7-5-12/h1-3,8H,4-7H2. The normalized spacial score (nSPS) is 18.8. The number of halogens is 1. The molecule has 0 atom stereocenters. The zero-order chi connectivity index (χ0) is 11.4. The molecule has 0 aliphatic carbocycles. The minimum atomic E-state index is -0.441. The molecular formula is C12H12BrNO2. The van der Waals surface area contributed by atoms with E-state index in [1.807, 2.05) is 24.3 Å². The lowest BCUT2D eigenvalue weighted by atomic mass is 9.83. The Labute approximate surface area is 103 Å². The first-order valence-electron chi connectivity index (χ1n) is 5.20. The van der Waals surface area contributed by atoms with Gasteiger partial charge in [-0.25, -0.2) is 4.79 Å². The Hall–Kier alpha value is -0.960. The summed E-state index contributed by atoms with van der Waals surface area (Å²) in [5.41, 5.74) is 0.609. The fourth-order valence-electron chi connectivity index (χ4n) is 2.04. The van der Waals surface area contributed by atoms with Crippen molar-refractivity contribution >= 4 is 22.0 Å². The van der Waals surface area contributed by atoms with Crippen LogP contribution in [-0.2, 0) is 15.1 Å². The van der Waals surface area contributed by atoms with Gasteiger partial charge in [0, 0.05) is 30.5 Å². The highest BCUT2D eigenvalue weighted by atomic mass is 79.9. The molecule has 0 saturated carbocycles. The van der Waals surface area contributed by atoms with E-state index < -0.39 is 5.54 Å². The van der Waals surface area contributed by atoms with Crippen molar-refractivity contribution in [2.75, 3.05) is 13.2 Å². The first-order chi connectivity index (χ1) is 7.77. The summed E-state index contributed by atoms with van der Waals surface area (Å²) in [5.74, 6) is 0. The summed E-state index contributed by atoms with van der Waals surface area (Å²) >= 11 is 3.43. The summed E-state index contributed by atoms with van der Waals surface area (Å²) < 4.78 is 6.32. The maximum atomic E-state index is 10.6. The third kappa shape index (κ3) is 2.24. The van der Waals surface area contributed by atoms with E-state index in [0.29, 0.717) is 13.2 Å². The Morgan fingerprint density at radius 3 is 2.75 bits per heavy atom. The van der Waals surface area contributed by atoms with Crippen molar-refractivity contribution in [1.82, 2.24) is 0 Å². The van der Waals surface area contributed by atoms with Crippen LogP contribution in [0.5, 0.6) is 0 Å². The highest BCUT2D eigenvalue weighted by Gasteiger charge is 2.34. The largest absolute Gasteiger partial charge is 0.381 e. The number of carbonyl (C=O) groups excluding carboxylic acids is 1. The smallest absolute Gasteiger partial charge is 0.235 e. The van der Waals surface area contributed by atoms with Crippen LogP contribution >= 0.6 is 15.9 Å². The number of isocyanates is 1. The van der Waals surface area contributed by atoms with Crippen LogP contribution < -0.4 is 0 Å². The molecule has 3 nitrogen and oxygen atoms in total. The Kier molecular flexibility index (Phi) is 3.54. The molecule has 1 saturated heterocycles. The highest BCUT2D eigenvalue weighted by molar-refractivity contribution is 9.10. The van der Waals surface area contributed by atoms with Crippen LogP contribution in [-0.4, -0.2) is 19.3 Å². The molecule has 0 bridgehead atoms. The van der Waals surface area contributed by atoms with E-state index in [1.165, 1.54) is 0 Å². The zero-order valence-corrected chi connectivity index (χ0v) is 10.4. The first-order valence-corrected chi connectivity index (χ1v) is 5.99. The minimum absolute atomic E-state index is 0.441. The number of hydrogen-bond acceptors (Lipinski definition) is 3. The van der Waals surface area contributed by atoms with Gasteiger partial charge in [-0.2, -0.15) is 4.99 Å². The predicted molar refractivity (Wildman–Crippen MR) is 64.0 cm³/mol. The van der Waals surface area contributed by atoms with Crippen molar-refractivity contribution in [2.45, 2.75) is 18.4 Å². The van der Waals surface area contributed by atoms with E-state index in [0.717, 1.165) is 22.9 Å². The van der Waals surface area contributed by atoms with Crippen molar-refractivity contribution < 1.29 is 9.53 Å². The van der Waals surface area contributed by atoms with E-state index in [1.54, 1.807) is 6.08 Å². The number of benzene rings is 1. The maximum absolute atomic E-state index is 10.6. The van der Waals surface area contributed by atoms with E-state index in [4.69, 9.17) is 4.74 Å². The Bertz CT molecular complexity index is 421. The van der Waals surface area contributed by atoms with Crippen molar-refractivity contribution in [3.8, 4) is 0 Å². The molecular weight excluding hydrogens is 270 g/mol. The molecule has 4 heteroatoms. The average Bonchev–Trinajstić information content (AvgIpc) is 2.31. The van der Waals surface area contributed by atoms with E-state index in [-0.39, 0.29) is 0 Å². The lowest BCUT2D eigenvalue weighted by Gasteiger charge is -2.32. The van der Waals surface area contributed by atoms with Crippen molar-refractivity contribution in [1.29, 1.82) is 0 Å². The van der Waals surface area contributed by atoms with Gasteiger partial charge in [0.05, 0.1) is 0 Å². The molecule has 84 valence electrons. The van der Waals surface area contributed by atoms with E-state index in [9.17, 15) is 4.79 Å². The lowest BCUT2D eigenvalue weighted by Crippen LogP contribution is -2.31. The number of ether oxygens (including phenoxy) is 1. The second kappa shape index (κ2) is 4.91. The molecule has 0 radical (unpaired) electrons. The molecule has 2 rings (SSSR count). The molecule has 0 amide bonds. The van der Waals surface area contributed by atoms with Crippen molar-refractivity contribution in [2.24, 2.45) is 4.99 Å². The molecule has 0 unspecified atom stereocenters. The Morgan fingerprint density at radius 2 is 2.12 bits per heavy atom. The molecule has 1 aromatic carbocycles. The van der Waals surface area contributed by atoms with Gasteiger partial charge in [-0.05, 0) is 17.7 Å². The summed E-state index contributed by atoms with van der Waals surface area (Å²) in [6.45, 7) is 1.27. The van der Waals surface area contributed by atoms with E-state index in [2.05, 4.69) is 20.9 Å². The van der Waals surface area contributed by atoms with Crippen LogP contribution in [0.25, 0.3) is 0 Å². The van der Waals surface area contributed by atoms with Gasteiger partial charge in [0.1, 0.15) is 5.54 Å². The lowest BCUT2D eigenvalue weighted by molar-refractivity contribution is 0.0531. The number of hydrogen-bond donors (Lipinski definition) is 0. The van der Waals surface area contributed by atoms with Crippen LogP contribution in [0.2, 0.25) is 0 Å². The van der Waals surface area contributed by atoms with E-state index >= 15 is 0 Å². The van der Waals surface area contributed by atoms with Gasteiger partial charge in [0.15, 0.2) is 0 Å². The Morgan fingerprint density at radius 1 is 1.38 bits per heavy atom. The molecule has 1 aliphatic rings. The quantitative estimate of drug-likeness (QED) is 0.618. The van der Waals surface area contributed by atoms with Crippen LogP contribution in [0.3, 0.4) is 0 Å². The zero-order valence-electron chi connectivity index (χ0n) is 8.78. The molecule has 0 N–H and O–H groups in total. The minimum Gasteiger partial charge on any atom is -0.381 e. The SMILES string of the molecule is O=C=NC1(c2cccc(Br)c2)CCOCC1. The second-order valence-electron chi connectivity index (χ2n) is 3.86. The topological polar surface area (TPSA) is 38.7 Å². The third-order valence-electron chi connectivity index (χ3n) is 2.94. The van der Waals surface area contributed by atoms with Crippen molar-refractivity contribution in [3.63, 3.8) is 0 Å². The third-order valence-corrected chi connectivity index (χ3v) is 3.43.